The van der Waals surface area contributed by atoms with Gasteiger partial charge in [0.05, 0.1) is 48.7 Å². The minimum atomic E-state index is 0.186. The van der Waals surface area contributed by atoms with Crippen LogP contribution in [0.1, 0.15) is 25.7 Å². The number of unbranched alkanes of at least 4 members (excludes halogenated alkanes) is 1. The molecule has 3 aromatic rings. The fourth-order valence-corrected chi connectivity index (χ4v) is 5.86. The van der Waals surface area contributed by atoms with Gasteiger partial charge in [-0.25, -0.2) is 15.0 Å². The lowest BCUT2D eigenvalue weighted by molar-refractivity contribution is 0.108. The average molecular weight is 592 g/mol. The topological polar surface area (TPSA) is 103 Å². The molecule has 10 nitrogen and oxygen atoms in total. The Balaban J connectivity index is 1.42. The zero-order valence-electron chi connectivity index (χ0n) is 23.1. The Bertz CT molecular complexity index is 1300. The fraction of sp³-hybridized carbons (Fsp3) is 0.536. The molecule has 0 spiro atoms. The van der Waals surface area contributed by atoms with E-state index in [4.69, 9.17) is 52.1 Å². The van der Waals surface area contributed by atoms with Crippen molar-refractivity contribution in [2.45, 2.75) is 37.8 Å². The number of hydrogen-bond donors (Lipinski definition) is 2. The summed E-state index contributed by atoms with van der Waals surface area (Å²) in [5, 5.41) is 8.40. The zero-order chi connectivity index (χ0) is 28.1. The SMILES string of the molecule is COc1cc(OC)c(Cl)c(-c2cc3cnc(NC4CCOC4)nc3c(NCCCCN3CCC(OC)C3)n2)c1Cl. The maximum Gasteiger partial charge on any atom is 0.223 e. The maximum atomic E-state index is 6.74. The van der Waals surface area contributed by atoms with Gasteiger partial charge in [-0.15, -0.1) is 0 Å². The number of aromatic nitrogens is 3. The molecule has 40 heavy (non-hydrogen) atoms. The van der Waals surface area contributed by atoms with E-state index in [1.165, 1.54) is 0 Å². The van der Waals surface area contributed by atoms with Crippen LogP contribution in [0.15, 0.2) is 18.3 Å². The van der Waals surface area contributed by atoms with E-state index in [9.17, 15) is 0 Å². The van der Waals surface area contributed by atoms with Crippen LogP contribution in [0.2, 0.25) is 10.0 Å². The van der Waals surface area contributed by atoms with Crippen LogP contribution in [-0.4, -0.2) is 92.7 Å². The highest BCUT2D eigenvalue weighted by Gasteiger charge is 2.23. The molecule has 5 rings (SSSR count). The summed E-state index contributed by atoms with van der Waals surface area (Å²) in [6.07, 6.45) is 6.20. The normalized spacial score (nSPS) is 19.3. The standard InChI is InChI=1S/C28H36Cl2N6O4/c1-37-19-6-10-36(15-19)9-5-4-8-31-27-26-17(14-32-28(35-26)33-18-7-11-40-16-18)12-20(34-27)23-24(29)21(38-2)13-22(39-3)25(23)30/h12-14,18-19H,4-11,15-16H2,1-3H3,(H,31,34)(H,32,33,35). The molecule has 12 heteroatoms. The summed E-state index contributed by atoms with van der Waals surface area (Å²) in [4.78, 5) is 16.8. The second-order valence-corrected chi connectivity index (χ2v) is 10.8. The number of benzene rings is 1. The third kappa shape index (κ3) is 6.47. The fourth-order valence-electron chi connectivity index (χ4n) is 5.16. The molecule has 2 aliphatic heterocycles. The van der Waals surface area contributed by atoms with Crippen LogP contribution in [-0.2, 0) is 9.47 Å². The van der Waals surface area contributed by atoms with Crippen LogP contribution < -0.4 is 20.1 Å². The summed E-state index contributed by atoms with van der Waals surface area (Å²) in [5.74, 6) is 2.07. The van der Waals surface area contributed by atoms with E-state index in [-0.39, 0.29) is 6.04 Å². The summed E-state index contributed by atoms with van der Waals surface area (Å²) in [5.41, 5.74) is 1.81. The van der Waals surface area contributed by atoms with Crippen molar-refractivity contribution >= 4 is 45.9 Å². The number of pyridine rings is 1. The molecule has 0 saturated carbocycles. The Kier molecular flexibility index (Phi) is 9.64. The minimum Gasteiger partial charge on any atom is -0.495 e. The number of rotatable bonds is 12. The molecule has 2 unspecified atom stereocenters. The van der Waals surface area contributed by atoms with Gasteiger partial charge in [-0.05, 0) is 38.3 Å². The van der Waals surface area contributed by atoms with E-state index in [0.29, 0.717) is 62.8 Å². The molecular weight excluding hydrogens is 555 g/mol. The van der Waals surface area contributed by atoms with Crippen molar-refractivity contribution < 1.29 is 18.9 Å². The number of likely N-dealkylation sites (tertiary alicyclic amines) is 1. The van der Waals surface area contributed by atoms with Crippen LogP contribution >= 0.6 is 23.2 Å². The highest BCUT2D eigenvalue weighted by atomic mass is 35.5. The monoisotopic (exact) mass is 590 g/mol. The molecule has 0 amide bonds. The lowest BCUT2D eigenvalue weighted by Crippen LogP contribution is -2.24. The van der Waals surface area contributed by atoms with E-state index in [1.807, 2.05) is 6.07 Å². The molecule has 2 N–H and O–H groups in total. The van der Waals surface area contributed by atoms with Gasteiger partial charge in [0.25, 0.3) is 0 Å². The summed E-state index contributed by atoms with van der Waals surface area (Å²) < 4.78 is 21.9. The Hall–Kier alpha value is -2.63. The first-order valence-electron chi connectivity index (χ1n) is 13.6. The summed E-state index contributed by atoms with van der Waals surface area (Å²) in [6, 6.07) is 3.73. The molecule has 2 saturated heterocycles. The van der Waals surface area contributed by atoms with E-state index in [1.54, 1.807) is 33.6 Å². The molecule has 1 aromatic carbocycles. The average Bonchev–Trinajstić information content (AvgIpc) is 3.65. The Morgan fingerprint density at radius 1 is 1.05 bits per heavy atom. The minimum absolute atomic E-state index is 0.186. The molecule has 0 bridgehead atoms. The number of fused-ring (bicyclic) bond motifs is 1. The van der Waals surface area contributed by atoms with Crippen LogP contribution in [0.25, 0.3) is 22.2 Å². The third-order valence-electron chi connectivity index (χ3n) is 7.41. The Morgan fingerprint density at radius 3 is 2.52 bits per heavy atom. The lowest BCUT2D eigenvalue weighted by Gasteiger charge is -2.17. The second-order valence-electron chi connectivity index (χ2n) is 10.1. The number of halogens is 2. The number of ether oxygens (including phenoxy) is 4. The van der Waals surface area contributed by atoms with Gasteiger partial charge in [0.2, 0.25) is 5.95 Å². The summed E-state index contributed by atoms with van der Waals surface area (Å²) in [7, 11) is 4.89. The van der Waals surface area contributed by atoms with Gasteiger partial charge >= 0.3 is 0 Å². The van der Waals surface area contributed by atoms with Crippen molar-refractivity contribution in [1.29, 1.82) is 0 Å². The Morgan fingerprint density at radius 2 is 1.85 bits per heavy atom. The van der Waals surface area contributed by atoms with Crippen molar-refractivity contribution in [1.82, 2.24) is 19.9 Å². The largest absolute Gasteiger partial charge is 0.495 e. The highest BCUT2D eigenvalue weighted by molar-refractivity contribution is 6.41. The van der Waals surface area contributed by atoms with Crippen molar-refractivity contribution in [3.05, 3.63) is 28.4 Å². The number of anilines is 2. The molecule has 2 aliphatic rings. The molecular formula is C28H36Cl2N6O4. The van der Waals surface area contributed by atoms with E-state index in [2.05, 4.69) is 20.5 Å². The molecule has 2 atom stereocenters. The Labute approximate surface area is 244 Å². The zero-order valence-corrected chi connectivity index (χ0v) is 24.6. The van der Waals surface area contributed by atoms with Gasteiger partial charge < -0.3 is 34.5 Å². The summed E-state index contributed by atoms with van der Waals surface area (Å²) >= 11 is 13.5. The van der Waals surface area contributed by atoms with Crippen molar-refractivity contribution in [3.63, 3.8) is 0 Å². The molecule has 0 aliphatic carbocycles. The quantitative estimate of drug-likeness (QED) is 0.276. The van der Waals surface area contributed by atoms with Crippen LogP contribution in [0.3, 0.4) is 0 Å². The molecule has 2 fully saturated rings. The van der Waals surface area contributed by atoms with E-state index >= 15 is 0 Å². The van der Waals surface area contributed by atoms with Gasteiger partial charge in [-0.2, -0.15) is 0 Å². The molecule has 216 valence electrons. The molecule has 4 heterocycles. The summed E-state index contributed by atoms with van der Waals surface area (Å²) in [6.45, 7) is 5.24. The number of hydrogen-bond acceptors (Lipinski definition) is 10. The molecule has 2 aromatic heterocycles. The van der Waals surface area contributed by atoms with Crippen molar-refractivity contribution in [2.24, 2.45) is 0 Å². The predicted octanol–water partition coefficient (Wildman–Crippen LogP) is 5.13. The molecule has 0 radical (unpaired) electrons. The lowest BCUT2D eigenvalue weighted by atomic mass is 10.1. The van der Waals surface area contributed by atoms with Crippen molar-refractivity contribution in [3.8, 4) is 22.8 Å². The number of methoxy groups -OCH3 is 3. The van der Waals surface area contributed by atoms with Crippen LogP contribution in [0, 0.1) is 0 Å². The van der Waals surface area contributed by atoms with Gasteiger partial charge in [-0.1, -0.05) is 23.2 Å². The number of nitrogens with one attached hydrogen (secondary N) is 2. The van der Waals surface area contributed by atoms with Crippen LogP contribution in [0.4, 0.5) is 11.8 Å². The van der Waals surface area contributed by atoms with E-state index in [0.717, 1.165) is 63.9 Å². The third-order valence-corrected chi connectivity index (χ3v) is 8.17. The second kappa shape index (κ2) is 13.4. The van der Waals surface area contributed by atoms with E-state index < -0.39 is 0 Å². The van der Waals surface area contributed by atoms with Gasteiger partial charge in [0.1, 0.15) is 17.0 Å². The smallest absolute Gasteiger partial charge is 0.223 e. The first-order chi connectivity index (χ1) is 19.5. The van der Waals surface area contributed by atoms with Gasteiger partial charge in [0.15, 0.2) is 5.82 Å². The highest BCUT2D eigenvalue weighted by Crippen LogP contribution is 2.46. The first kappa shape index (κ1) is 28.9. The number of nitrogens with zero attached hydrogens (tertiary/aromatic N) is 4. The van der Waals surface area contributed by atoms with Gasteiger partial charge in [-0.3, -0.25) is 0 Å². The first-order valence-corrected chi connectivity index (χ1v) is 14.4. The van der Waals surface area contributed by atoms with Crippen molar-refractivity contribution in [2.75, 3.05) is 71.4 Å². The van der Waals surface area contributed by atoms with Gasteiger partial charge in [0, 0.05) is 56.6 Å². The predicted molar refractivity (Wildman–Crippen MR) is 158 cm³/mol. The van der Waals surface area contributed by atoms with Crippen LogP contribution in [0.5, 0.6) is 11.5 Å². The maximum absolute atomic E-state index is 6.74.